The number of nitrogens with zero attached hydrogens (tertiary/aromatic N) is 3. The van der Waals surface area contributed by atoms with E-state index in [1.807, 2.05) is 18.2 Å². The van der Waals surface area contributed by atoms with Gasteiger partial charge in [0.25, 0.3) is 0 Å². The molecule has 4 rings (SSSR count). The Labute approximate surface area is 191 Å². The number of H-pyrrole nitrogens is 1. The first-order chi connectivity index (χ1) is 15.4. The Kier molecular flexibility index (Phi) is 7.02. The SMILES string of the molecule is O=c1[nH]nc2c(NCCCc3cccc(OCCN4CCS(=O)(=O)CC4)c3)cc(Cl)cn12. The number of hydrogen-bond acceptors (Lipinski definition) is 7. The van der Waals surface area contributed by atoms with Crippen LogP contribution in [-0.4, -0.2) is 72.2 Å². The Morgan fingerprint density at radius 3 is 2.84 bits per heavy atom. The largest absolute Gasteiger partial charge is 0.492 e. The lowest BCUT2D eigenvalue weighted by molar-refractivity contribution is 0.219. The quantitative estimate of drug-likeness (QED) is 0.450. The van der Waals surface area contributed by atoms with Gasteiger partial charge in [-0.05, 0) is 36.6 Å². The molecular formula is C21H26ClN5O4S. The van der Waals surface area contributed by atoms with Gasteiger partial charge in [0.2, 0.25) is 0 Å². The molecule has 1 aromatic carbocycles. The van der Waals surface area contributed by atoms with Crippen LogP contribution in [0.15, 0.2) is 41.3 Å². The Balaban J connectivity index is 1.23. The minimum atomic E-state index is -2.85. The lowest BCUT2D eigenvalue weighted by Crippen LogP contribution is -2.42. The molecule has 0 atom stereocenters. The second kappa shape index (κ2) is 9.93. The standard InChI is InChI=1S/C21H26ClN5O4S/c22-17-14-19(20-24-25-21(28)27(20)15-17)23-6-2-4-16-3-1-5-18(13-16)31-10-7-26-8-11-32(29,30)12-9-26/h1,3,5,13-15,23H,2,4,6-12H2,(H,25,28). The third-order valence-corrected chi connectivity index (χ3v) is 7.27. The lowest BCUT2D eigenvalue weighted by Gasteiger charge is -2.26. The van der Waals surface area contributed by atoms with E-state index in [0.29, 0.717) is 49.1 Å². The lowest BCUT2D eigenvalue weighted by atomic mass is 10.1. The molecule has 0 amide bonds. The normalized spacial score (nSPS) is 16.3. The number of ether oxygens (including phenoxy) is 1. The maximum atomic E-state index is 11.7. The van der Waals surface area contributed by atoms with Crippen molar-refractivity contribution in [1.29, 1.82) is 0 Å². The van der Waals surface area contributed by atoms with Gasteiger partial charge in [0.1, 0.15) is 12.4 Å². The number of fused-ring (bicyclic) bond motifs is 1. The fraction of sp³-hybridized carbons (Fsp3) is 0.429. The number of rotatable bonds is 9. The first kappa shape index (κ1) is 22.6. The van der Waals surface area contributed by atoms with Gasteiger partial charge < -0.3 is 10.1 Å². The second-order valence-corrected chi connectivity index (χ2v) is 10.6. The smallest absolute Gasteiger partial charge is 0.347 e. The number of benzene rings is 1. The van der Waals surface area contributed by atoms with Gasteiger partial charge in [0.05, 0.1) is 22.2 Å². The third kappa shape index (κ3) is 5.81. The van der Waals surface area contributed by atoms with E-state index in [4.69, 9.17) is 16.3 Å². The van der Waals surface area contributed by atoms with Crippen LogP contribution in [0.4, 0.5) is 5.69 Å². The molecule has 11 heteroatoms. The molecule has 9 nitrogen and oxygen atoms in total. The van der Waals surface area contributed by atoms with Gasteiger partial charge in [0.15, 0.2) is 15.5 Å². The Morgan fingerprint density at radius 2 is 2.03 bits per heavy atom. The Bertz CT molecular complexity index is 1230. The highest BCUT2D eigenvalue weighted by molar-refractivity contribution is 7.91. The van der Waals surface area contributed by atoms with Crippen molar-refractivity contribution in [3.05, 3.63) is 57.6 Å². The molecule has 3 aromatic rings. The highest BCUT2D eigenvalue weighted by Crippen LogP contribution is 2.20. The van der Waals surface area contributed by atoms with Crippen LogP contribution in [0.3, 0.4) is 0 Å². The van der Waals surface area contributed by atoms with Crippen LogP contribution >= 0.6 is 11.6 Å². The van der Waals surface area contributed by atoms with Gasteiger partial charge in [-0.2, -0.15) is 5.10 Å². The summed E-state index contributed by atoms with van der Waals surface area (Å²) in [6, 6.07) is 9.75. The second-order valence-electron chi connectivity index (χ2n) is 7.81. The van der Waals surface area contributed by atoms with Crippen molar-refractivity contribution in [2.45, 2.75) is 12.8 Å². The van der Waals surface area contributed by atoms with E-state index in [2.05, 4.69) is 26.5 Å². The predicted molar refractivity (Wildman–Crippen MR) is 125 cm³/mol. The molecule has 0 spiro atoms. The van der Waals surface area contributed by atoms with Gasteiger partial charge >= 0.3 is 5.69 Å². The minimum absolute atomic E-state index is 0.230. The molecule has 3 heterocycles. The van der Waals surface area contributed by atoms with Crippen molar-refractivity contribution < 1.29 is 13.2 Å². The number of halogens is 1. The zero-order valence-corrected chi connectivity index (χ0v) is 19.2. The zero-order chi connectivity index (χ0) is 22.6. The highest BCUT2D eigenvalue weighted by Gasteiger charge is 2.21. The number of hydrogen-bond donors (Lipinski definition) is 2. The van der Waals surface area contributed by atoms with Crippen molar-refractivity contribution in [1.82, 2.24) is 19.5 Å². The Hall–Kier alpha value is -2.56. The summed E-state index contributed by atoms with van der Waals surface area (Å²) in [4.78, 5) is 13.9. The fourth-order valence-electron chi connectivity index (χ4n) is 3.68. The van der Waals surface area contributed by atoms with Crippen LogP contribution in [0.25, 0.3) is 5.65 Å². The van der Waals surface area contributed by atoms with Crippen molar-refractivity contribution in [2.75, 3.05) is 49.6 Å². The molecule has 0 bridgehead atoms. The molecule has 0 radical (unpaired) electrons. The highest BCUT2D eigenvalue weighted by atomic mass is 35.5. The van der Waals surface area contributed by atoms with Crippen molar-refractivity contribution in [3.8, 4) is 5.75 Å². The molecule has 0 unspecified atom stereocenters. The topological polar surface area (TPSA) is 109 Å². The van der Waals surface area contributed by atoms with Crippen LogP contribution < -0.4 is 15.7 Å². The number of nitrogens with one attached hydrogen (secondary N) is 2. The number of sulfone groups is 1. The van der Waals surface area contributed by atoms with Gasteiger partial charge in [0, 0.05) is 32.4 Å². The molecule has 1 aliphatic heterocycles. The molecule has 0 saturated carbocycles. The summed E-state index contributed by atoms with van der Waals surface area (Å²) in [7, 11) is -2.85. The molecule has 1 aliphatic rings. The summed E-state index contributed by atoms with van der Waals surface area (Å²) in [6.45, 7) is 3.09. The van der Waals surface area contributed by atoms with Crippen LogP contribution in [0, 0.1) is 0 Å². The van der Waals surface area contributed by atoms with Crippen LogP contribution in [0.5, 0.6) is 5.75 Å². The van der Waals surface area contributed by atoms with E-state index in [1.54, 1.807) is 6.07 Å². The van der Waals surface area contributed by atoms with Gasteiger partial charge in [-0.3, -0.25) is 4.90 Å². The van der Waals surface area contributed by atoms with Crippen molar-refractivity contribution >= 4 is 32.8 Å². The summed E-state index contributed by atoms with van der Waals surface area (Å²) < 4.78 is 30.3. The average Bonchev–Trinajstić information content (AvgIpc) is 3.13. The summed E-state index contributed by atoms with van der Waals surface area (Å²) in [5, 5.41) is 10.2. The molecule has 2 aromatic heterocycles. The molecule has 32 heavy (non-hydrogen) atoms. The fourth-order valence-corrected chi connectivity index (χ4v) is 5.16. The monoisotopic (exact) mass is 479 g/mol. The van der Waals surface area contributed by atoms with Crippen LogP contribution in [-0.2, 0) is 16.3 Å². The van der Waals surface area contributed by atoms with E-state index in [0.717, 1.165) is 18.6 Å². The molecule has 172 valence electrons. The maximum absolute atomic E-state index is 11.7. The summed E-state index contributed by atoms with van der Waals surface area (Å²) >= 11 is 6.10. The maximum Gasteiger partial charge on any atom is 0.347 e. The van der Waals surface area contributed by atoms with E-state index in [9.17, 15) is 13.2 Å². The molecule has 0 aliphatic carbocycles. The third-order valence-electron chi connectivity index (χ3n) is 5.45. The van der Waals surface area contributed by atoms with Gasteiger partial charge in [-0.15, -0.1) is 0 Å². The Morgan fingerprint density at radius 1 is 1.22 bits per heavy atom. The minimum Gasteiger partial charge on any atom is -0.492 e. The van der Waals surface area contributed by atoms with Crippen LogP contribution in [0.1, 0.15) is 12.0 Å². The van der Waals surface area contributed by atoms with Crippen molar-refractivity contribution in [2.24, 2.45) is 0 Å². The number of aromatic nitrogens is 3. The molecular weight excluding hydrogens is 454 g/mol. The number of aromatic amines is 1. The number of aryl methyl sites for hydroxylation is 1. The molecule has 2 N–H and O–H groups in total. The summed E-state index contributed by atoms with van der Waals surface area (Å²) in [5.41, 5.74) is 2.06. The van der Waals surface area contributed by atoms with Crippen molar-refractivity contribution in [3.63, 3.8) is 0 Å². The van der Waals surface area contributed by atoms with Gasteiger partial charge in [-0.25, -0.2) is 22.7 Å². The molecule has 1 saturated heterocycles. The first-order valence-corrected chi connectivity index (χ1v) is 12.7. The average molecular weight is 480 g/mol. The van der Waals surface area contributed by atoms with E-state index < -0.39 is 9.84 Å². The number of pyridine rings is 1. The van der Waals surface area contributed by atoms with E-state index in [-0.39, 0.29) is 17.2 Å². The summed E-state index contributed by atoms with van der Waals surface area (Å²) in [5.74, 6) is 1.27. The summed E-state index contributed by atoms with van der Waals surface area (Å²) in [6.07, 6.45) is 3.27. The number of anilines is 1. The predicted octanol–water partition coefficient (Wildman–Crippen LogP) is 1.83. The van der Waals surface area contributed by atoms with Crippen LogP contribution in [0.2, 0.25) is 5.02 Å². The van der Waals surface area contributed by atoms with E-state index >= 15 is 0 Å². The molecule has 1 fully saturated rings. The zero-order valence-electron chi connectivity index (χ0n) is 17.6. The van der Waals surface area contributed by atoms with Gasteiger partial charge in [-0.1, -0.05) is 23.7 Å². The van der Waals surface area contributed by atoms with E-state index in [1.165, 1.54) is 16.2 Å². The first-order valence-electron chi connectivity index (χ1n) is 10.5.